The van der Waals surface area contributed by atoms with Gasteiger partial charge in [0.25, 0.3) is 11.8 Å². The first-order valence-corrected chi connectivity index (χ1v) is 11.0. The van der Waals surface area contributed by atoms with E-state index in [0.717, 1.165) is 40.2 Å². The number of piperidine rings is 1. The highest BCUT2D eigenvalue weighted by Crippen LogP contribution is 2.31. The van der Waals surface area contributed by atoms with Gasteiger partial charge in [-0.05, 0) is 53.8 Å². The zero-order valence-electron chi connectivity index (χ0n) is 17.9. The number of amides is 4. The van der Waals surface area contributed by atoms with Crippen molar-refractivity contribution in [3.05, 3.63) is 63.7 Å². The van der Waals surface area contributed by atoms with Gasteiger partial charge in [-0.1, -0.05) is 18.2 Å². The van der Waals surface area contributed by atoms with E-state index in [2.05, 4.69) is 16.0 Å². The predicted octanol–water partition coefficient (Wildman–Crippen LogP) is 0.838. The van der Waals surface area contributed by atoms with Crippen LogP contribution in [-0.2, 0) is 35.7 Å². The average molecular weight is 448 g/mol. The van der Waals surface area contributed by atoms with Crippen LogP contribution < -0.4 is 16.0 Å². The van der Waals surface area contributed by atoms with Gasteiger partial charge in [0.05, 0.1) is 17.7 Å². The summed E-state index contributed by atoms with van der Waals surface area (Å²) in [6, 6.07) is 7.95. The molecule has 1 unspecified atom stereocenters. The van der Waals surface area contributed by atoms with Gasteiger partial charge in [-0.15, -0.1) is 0 Å². The molecule has 4 amide bonds. The van der Waals surface area contributed by atoms with Gasteiger partial charge in [-0.25, -0.2) is 0 Å². The van der Waals surface area contributed by atoms with Crippen molar-refractivity contribution in [2.75, 3.05) is 11.9 Å². The summed E-state index contributed by atoms with van der Waals surface area (Å²) in [6.07, 6.45) is 1.03. The molecule has 0 bridgehead atoms. The van der Waals surface area contributed by atoms with E-state index in [1.54, 1.807) is 18.2 Å². The lowest BCUT2D eigenvalue weighted by atomic mass is 9.94. The molecular weight excluding hydrogens is 424 g/mol. The maximum atomic E-state index is 13.3. The fourth-order valence-electron chi connectivity index (χ4n) is 4.91. The second kappa shape index (κ2) is 8.42. The Kier molecular flexibility index (Phi) is 5.43. The predicted molar refractivity (Wildman–Crippen MR) is 118 cm³/mol. The zero-order chi connectivity index (χ0) is 23.1. The van der Waals surface area contributed by atoms with Crippen LogP contribution in [0.5, 0.6) is 0 Å². The number of hydrogen-bond acceptors (Lipinski definition) is 7. The number of anilines is 1. The SMILES string of the molecule is O=C1CCC(N2C(=O)c3cccc(CNc4ccc(CO)c5c4CCNC5)c3C2=O)C(=O)N1. The van der Waals surface area contributed by atoms with Gasteiger partial charge in [0.2, 0.25) is 11.8 Å². The lowest BCUT2D eigenvalue weighted by Gasteiger charge is -2.27. The average Bonchev–Trinajstić information content (AvgIpc) is 3.08. The molecule has 1 fully saturated rings. The number of hydrogen-bond donors (Lipinski definition) is 4. The van der Waals surface area contributed by atoms with Crippen LogP contribution in [0.1, 0.15) is 55.8 Å². The lowest BCUT2D eigenvalue weighted by Crippen LogP contribution is -2.54. The minimum atomic E-state index is -0.985. The van der Waals surface area contributed by atoms with Crippen molar-refractivity contribution in [3.63, 3.8) is 0 Å². The Balaban J connectivity index is 1.42. The van der Waals surface area contributed by atoms with E-state index < -0.39 is 29.7 Å². The third-order valence-corrected chi connectivity index (χ3v) is 6.58. The summed E-state index contributed by atoms with van der Waals surface area (Å²) in [7, 11) is 0. The summed E-state index contributed by atoms with van der Waals surface area (Å²) in [5.74, 6) is -2.04. The molecule has 2 aromatic rings. The molecule has 3 aliphatic heterocycles. The molecule has 1 atom stereocenters. The highest BCUT2D eigenvalue weighted by Gasteiger charge is 2.45. The van der Waals surface area contributed by atoms with Crippen LogP contribution in [0, 0.1) is 0 Å². The van der Waals surface area contributed by atoms with E-state index in [1.165, 1.54) is 0 Å². The summed E-state index contributed by atoms with van der Waals surface area (Å²) >= 11 is 0. The zero-order valence-corrected chi connectivity index (χ0v) is 17.9. The number of benzene rings is 2. The first-order valence-electron chi connectivity index (χ1n) is 11.0. The fourth-order valence-corrected chi connectivity index (χ4v) is 4.91. The lowest BCUT2D eigenvalue weighted by molar-refractivity contribution is -0.136. The normalized spacial score (nSPS) is 19.9. The first-order chi connectivity index (χ1) is 16.0. The molecule has 4 N–H and O–H groups in total. The van der Waals surface area contributed by atoms with E-state index in [-0.39, 0.29) is 25.0 Å². The van der Waals surface area contributed by atoms with Crippen molar-refractivity contribution >= 4 is 29.3 Å². The Bertz CT molecular complexity index is 1190. The molecular formula is C24H24N4O5. The van der Waals surface area contributed by atoms with Crippen LogP contribution in [0.25, 0.3) is 0 Å². The molecule has 9 heteroatoms. The van der Waals surface area contributed by atoms with Crippen molar-refractivity contribution < 1.29 is 24.3 Å². The Labute approximate surface area is 190 Å². The molecule has 170 valence electrons. The number of imide groups is 2. The molecule has 2 aromatic carbocycles. The Morgan fingerprint density at radius 1 is 1.00 bits per heavy atom. The minimum Gasteiger partial charge on any atom is -0.392 e. The van der Waals surface area contributed by atoms with Crippen molar-refractivity contribution in [1.29, 1.82) is 0 Å². The number of aliphatic hydroxyl groups is 1. The highest BCUT2D eigenvalue weighted by atomic mass is 16.3. The molecule has 0 saturated carbocycles. The molecule has 0 radical (unpaired) electrons. The number of rotatable bonds is 5. The van der Waals surface area contributed by atoms with Crippen LogP contribution in [0.4, 0.5) is 5.69 Å². The van der Waals surface area contributed by atoms with Gasteiger partial charge in [-0.2, -0.15) is 0 Å². The third-order valence-electron chi connectivity index (χ3n) is 6.58. The second-order valence-corrected chi connectivity index (χ2v) is 8.45. The maximum Gasteiger partial charge on any atom is 0.262 e. The molecule has 9 nitrogen and oxygen atoms in total. The molecule has 1 saturated heterocycles. The Morgan fingerprint density at radius 3 is 2.64 bits per heavy atom. The van der Waals surface area contributed by atoms with E-state index in [4.69, 9.17) is 0 Å². The topological polar surface area (TPSA) is 128 Å². The monoisotopic (exact) mass is 448 g/mol. The molecule has 3 aliphatic rings. The van der Waals surface area contributed by atoms with E-state index in [0.29, 0.717) is 24.2 Å². The number of nitrogens with one attached hydrogen (secondary N) is 3. The van der Waals surface area contributed by atoms with Crippen LogP contribution in [-0.4, -0.2) is 46.2 Å². The van der Waals surface area contributed by atoms with Crippen LogP contribution in [0.3, 0.4) is 0 Å². The number of nitrogens with zero attached hydrogens (tertiary/aromatic N) is 1. The van der Waals surface area contributed by atoms with Gasteiger partial charge < -0.3 is 15.7 Å². The van der Waals surface area contributed by atoms with Crippen molar-refractivity contribution in [2.24, 2.45) is 0 Å². The van der Waals surface area contributed by atoms with Gasteiger partial charge >= 0.3 is 0 Å². The van der Waals surface area contributed by atoms with Gasteiger partial charge in [0, 0.05) is 25.2 Å². The molecule has 33 heavy (non-hydrogen) atoms. The van der Waals surface area contributed by atoms with Crippen LogP contribution in [0.2, 0.25) is 0 Å². The van der Waals surface area contributed by atoms with Crippen molar-refractivity contribution in [3.8, 4) is 0 Å². The van der Waals surface area contributed by atoms with Crippen LogP contribution >= 0.6 is 0 Å². The number of carbonyl (C=O) groups excluding carboxylic acids is 4. The Hall–Kier alpha value is -3.56. The Morgan fingerprint density at radius 2 is 1.85 bits per heavy atom. The number of carbonyl (C=O) groups is 4. The summed E-state index contributed by atoms with van der Waals surface area (Å²) in [6.45, 7) is 1.83. The van der Waals surface area contributed by atoms with Crippen LogP contribution in [0.15, 0.2) is 30.3 Å². The largest absolute Gasteiger partial charge is 0.392 e. The summed E-state index contributed by atoms with van der Waals surface area (Å²) in [5, 5.41) is 18.6. The van der Waals surface area contributed by atoms with Gasteiger partial charge in [-0.3, -0.25) is 29.4 Å². The quantitative estimate of drug-likeness (QED) is 0.499. The second-order valence-electron chi connectivity index (χ2n) is 8.45. The number of aliphatic hydroxyl groups excluding tert-OH is 1. The van der Waals surface area contributed by atoms with E-state index >= 15 is 0 Å². The first kappa shape index (κ1) is 21.3. The van der Waals surface area contributed by atoms with Gasteiger partial charge in [0.15, 0.2) is 0 Å². The summed E-state index contributed by atoms with van der Waals surface area (Å²) < 4.78 is 0. The van der Waals surface area contributed by atoms with E-state index in [9.17, 15) is 24.3 Å². The molecule has 0 aliphatic carbocycles. The minimum absolute atomic E-state index is 0.0245. The molecule has 5 rings (SSSR count). The standard InChI is InChI=1S/C24H24N4O5/c29-12-14-4-5-18(15-8-9-25-11-17(14)15)26-10-13-2-1-3-16-21(13)24(33)28(23(16)32)19-6-7-20(30)27-22(19)31/h1-5,19,25-26,29H,6-12H2,(H,27,30,31). The smallest absolute Gasteiger partial charge is 0.262 e. The van der Waals surface area contributed by atoms with Crippen molar-refractivity contribution in [2.45, 2.75) is 45.0 Å². The van der Waals surface area contributed by atoms with Crippen molar-refractivity contribution in [1.82, 2.24) is 15.5 Å². The summed E-state index contributed by atoms with van der Waals surface area (Å²) in [4.78, 5) is 51.0. The molecule has 0 aromatic heterocycles. The molecule has 0 spiro atoms. The maximum absolute atomic E-state index is 13.3. The number of fused-ring (bicyclic) bond motifs is 2. The highest BCUT2D eigenvalue weighted by molar-refractivity contribution is 6.24. The molecule has 3 heterocycles. The summed E-state index contributed by atoms with van der Waals surface area (Å²) in [5.41, 5.74) is 5.27. The fraction of sp³-hybridized carbons (Fsp3) is 0.333. The van der Waals surface area contributed by atoms with E-state index in [1.807, 2.05) is 12.1 Å². The van der Waals surface area contributed by atoms with Gasteiger partial charge in [0.1, 0.15) is 6.04 Å². The third kappa shape index (κ3) is 3.59.